The van der Waals surface area contributed by atoms with Gasteiger partial charge in [-0.2, -0.15) is 0 Å². The number of nitrogens with zero attached hydrogens (tertiary/aromatic N) is 2. The summed E-state index contributed by atoms with van der Waals surface area (Å²) in [6.07, 6.45) is 1.57. The van der Waals surface area contributed by atoms with Crippen LogP contribution in [-0.4, -0.2) is 30.8 Å². The molecule has 0 saturated carbocycles. The monoisotopic (exact) mass is 399 g/mol. The number of aromatic nitrogens is 2. The van der Waals surface area contributed by atoms with Crippen LogP contribution in [0.3, 0.4) is 0 Å². The zero-order valence-corrected chi connectivity index (χ0v) is 16.7. The minimum Gasteiger partial charge on any atom is -0.407 e. The Kier molecular flexibility index (Phi) is 5.60. The van der Waals surface area contributed by atoms with E-state index in [1.54, 1.807) is 0 Å². The maximum Gasteiger partial charge on any atom is 0.322 e. The Morgan fingerprint density at radius 1 is 1.04 bits per heavy atom. The first-order valence-corrected chi connectivity index (χ1v) is 10.6. The molecule has 1 aromatic heterocycles. The van der Waals surface area contributed by atoms with Crippen LogP contribution in [0.1, 0.15) is 47.1 Å². The molecule has 0 saturated heterocycles. The second-order valence-electron chi connectivity index (χ2n) is 6.82. The lowest BCUT2D eigenvalue weighted by atomic mass is 10.0. The van der Waals surface area contributed by atoms with Crippen molar-refractivity contribution in [2.24, 2.45) is 0 Å². The van der Waals surface area contributed by atoms with E-state index in [0.29, 0.717) is 18.2 Å². The number of sulfone groups is 1. The predicted octanol–water partition coefficient (Wildman–Crippen LogP) is 3.44. The van der Waals surface area contributed by atoms with Crippen LogP contribution < -0.4 is 5.32 Å². The summed E-state index contributed by atoms with van der Waals surface area (Å²) in [4.78, 5) is 12.4. The third-order valence-corrected chi connectivity index (χ3v) is 5.36. The molecular weight excluding hydrogens is 378 g/mol. The fourth-order valence-electron chi connectivity index (χ4n) is 2.59. The molecule has 8 heteroatoms. The van der Waals surface area contributed by atoms with Crippen molar-refractivity contribution >= 4 is 21.8 Å². The molecule has 0 aliphatic rings. The van der Waals surface area contributed by atoms with Gasteiger partial charge >= 0.3 is 6.01 Å². The summed E-state index contributed by atoms with van der Waals surface area (Å²) >= 11 is 0. The standard InChI is InChI=1S/C20H21N3O4S/c1-13(2)15-6-4-14(5-7-15)12-18-22-23-20(27-18)21-19(24)16-8-10-17(11-9-16)28(3,25)26/h4-11,13H,12H2,1-3H3,(H,21,23,24). The van der Waals surface area contributed by atoms with Crippen LogP contribution in [0.2, 0.25) is 0 Å². The van der Waals surface area contributed by atoms with Crippen molar-refractivity contribution in [1.82, 2.24) is 10.2 Å². The van der Waals surface area contributed by atoms with E-state index in [1.165, 1.54) is 29.8 Å². The molecular formula is C20H21N3O4S. The van der Waals surface area contributed by atoms with Gasteiger partial charge in [-0.3, -0.25) is 10.1 Å². The van der Waals surface area contributed by atoms with Gasteiger partial charge in [0.15, 0.2) is 9.84 Å². The number of anilines is 1. The molecule has 0 fully saturated rings. The van der Waals surface area contributed by atoms with Crippen LogP contribution in [-0.2, 0) is 16.3 Å². The first kappa shape index (κ1) is 19.8. The topological polar surface area (TPSA) is 102 Å². The molecule has 0 aliphatic carbocycles. The third kappa shape index (κ3) is 4.83. The van der Waals surface area contributed by atoms with Crippen LogP contribution in [0, 0.1) is 0 Å². The second kappa shape index (κ2) is 7.93. The quantitative estimate of drug-likeness (QED) is 0.681. The Morgan fingerprint density at radius 2 is 1.68 bits per heavy atom. The SMILES string of the molecule is CC(C)c1ccc(Cc2nnc(NC(=O)c3ccc(S(C)(=O)=O)cc3)o2)cc1. The highest BCUT2D eigenvalue weighted by molar-refractivity contribution is 7.90. The Bertz CT molecular complexity index is 1070. The lowest BCUT2D eigenvalue weighted by molar-refractivity contribution is 0.102. The van der Waals surface area contributed by atoms with Crippen LogP contribution in [0.25, 0.3) is 0 Å². The third-order valence-electron chi connectivity index (χ3n) is 4.23. The van der Waals surface area contributed by atoms with E-state index < -0.39 is 15.7 Å². The van der Waals surface area contributed by atoms with Crippen LogP contribution >= 0.6 is 0 Å². The first-order chi connectivity index (χ1) is 13.2. The summed E-state index contributed by atoms with van der Waals surface area (Å²) < 4.78 is 28.4. The number of hydrogen-bond donors (Lipinski definition) is 1. The summed E-state index contributed by atoms with van der Waals surface area (Å²) in [7, 11) is -3.31. The van der Waals surface area contributed by atoms with Crippen molar-refractivity contribution in [1.29, 1.82) is 0 Å². The molecule has 0 aliphatic heterocycles. The van der Waals surface area contributed by atoms with Gasteiger partial charge in [0.1, 0.15) is 0 Å². The normalized spacial score (nSPS) is 11.6. The molecule has 2 aromatic carbocycles. The molecule has 1 amide bonds. The molecule has 1 N–H and O–H groups in total. The van der Waals surface area contributed by atoms with E-state index in [1.807, 2.05) is 12.1 Å². The Balaban J connectivity index is 1.64. The minimum atomic E-state index is -3.31. The molecule has 1 heterocycles. The van der Waals surface area contributed by atoms with Crippen LogP contribution in [0.4, 0.5) is 6.01 Å². The number of carbonyl (C=O) groups is 1. The predicted molar refractivity (Wildman–Crippen MR) is 105 cm³/mol. The second-order valence-corrected chi connectivity index (χ2v) is 8.84. The van der Waals surface area contributed by atoms with E-state index in [-0.39, 0.29) is 16.5 Å². The minimum absolute atomic E-state index is 0.00834. The lowest BCUT2D eigenvalue weighted by Gasteiger charge is -2.05. The van der Waals surface area contributed by atoms with Crippen molar-refractivity contribution in [2.45, 2.75) is 31.1 Å². The summed E-state index contributed by atoms with van der Waals surface area (Å²) in [5, 5.41) is 10.3. The number of amides is 1. The summed E-state index contributed by atoms with van der Waals surface area (Å²) in [5.41, 5.74) is 2.57. The molecule has 146 valence electrons. The van der Waals surface area contributed by atoms with Crippen molar-refractivity contribution in [3.05, 3.63) is 71.1 Å². The number of carbonyl (C=O) groups excluding carboxylic acids is 1. The van der Waals surface area contributed by atoms with Crippen molar-refractivity contribution in [2.75, 3.05) is 11.6 Å². The largest absolute Gasteiger partial charge is 0.407 e. The van der Waals surface area contributed by atoms with Gasteiger partial charge in [-0.05, 0) is 41.3 Å². The lowest BCUT2D eigenvalue weighted by Crippen LogP contribution is -2.12. The fraction of sp³-hybridized carbons (Fsp3) is 0.250. The number of nitrogens with one attached hydrogen (secondary N) is 1. The molecule has 0 unspecified atom stereocenters. The molecule has 7 nitrogen and oxygen atoms in total. The Labute approximate surface area is 163 Å². The first-order valence-electron chi connectivity index (χ1n) is 8.75. The highest BCUT2D eigenvalue weighted by Gasteiger charge is 2.14. The molecule has 28 heavy (non-hydrogen) atoms. The number of rotatable bonds is 6. The molecule has 3 rings (SSSR count). The van der Waals surface area contributed by atoms with Gasteiger partial charge in [-0.25, -0.2) is 8.42 Å². The van der Waals surface area contributed by atoms with Gasteiger partial charge in [0.05, 0.1) is 11.3 Å². The average molecular weight is 399 g/mol. The highest BCUT2D eigenvalue weighted by atomic mass is 32.2. The van der Waals surface area contributed by atoms with Gasteiger partial charge in [0.25, 0.3) is 5.91 Å². The van der Waals surface area contributed by atoms with E-state index >= 15 is 0 Å². The Hall–Kier alpha value is -3.00. The summed E-state index contributed by atoms with van der Waals surface area (Å²) in [6.45, 7) is 4.27. The molecule has 0 spiro atoms. The van der Waals surface area contributed by atoms with Gasteiger partial charge in [-0.1, -0.05) is 43.2 Å². The van der Waals surface area contributed by atoms with E-state index in [9.17, 15) is 13.2 Å². The number of hydrogen-bond acceptors (Lipinski definition) is 6. The van der Waals surface area contributed by atoms with E-state index in [4.69, 9.17) is 4.42 Å². The molecule has 0 atom stereocenters. The summed E-state index contributed by atoms with van der Waals surface area (Å²) in [6, 6.07) is 13.8. The van der Waals surface area contributed by atoms with Gasteiger partial charge in [-0.15, -0.1) is 5.10 Å². The zero-order valence-electron chi connectivity index (χ0n) is 15.8. The highest BCUT2D eigenvalue weighted by Crippen LogP contribution is 2.17. The van der Waals surface area contributed by atoms with Gasteiger partial charge in [0.2, 0.25) is 5.89 Å². The average Bonchev–Trinajstić information content (AvgIpc) is 3.08. The van der Waals surface area contributed by atoms with E-state index in [2.05, 4.69) is 41.5 Å². The van der Waals surface area contributed by atoms with Crippen molar-refractivity contribution < 1.29 is 17.6 Å². The fourth-order valence-corrected chi connectivity index (χ4v) is 3.22. The molecule has 0 radical (unpaired) electrons. The van der Waals surface area contributed by atoms with Crippen LogP contribution in [0.5, 0.6) is 0 Å². The Morgan fingerprint density at radius 3 is 2.25 bits per heavy atom. The van der Waals surface area contributed by atoms with Crippen LogP contribution in [0.15, 0.2) is 57.8 Å². The number of benzene rings is 2. The zero-order chi connectivity index (χ0) is 20.3. The van der Waals surface area contributed by atoms with Gasteiger partial charge in [0, 0.05) is 11.8 Å². The van der Waals surface area contributed by atoms with Crippen molar-refractivity contribution in [3.63, 3.8) is 0 Å². The van der Waals surface area contributed by atoms with E-state index in [0.717, 1.165) is 11.8 Å². The smallest absolute Gasteiger partial charge is 0.322 e. The van der Waals surface area contributed by atoms with Gasteiger partial charge < -0.3 is 4.42 Å². The molecule has 3 aromatic rings. The summed E-state index contributed by atoms with van der Waals surface area (Å²) in [5.74, 6) is 0.391. The maximum absolute atomic E-state index is 12.3. The van der Waals surface area contributed by atoms with Crippen molar-refractivity contribution in [3.8, 4) is 0 Å². The maximum atomic E-state index is 12.3. The molecule has 0 bridgehead atoms.